The molecule has 2 aromatic rings. The van der Waals surface area contributed by atoms with Crippen LogP contribution in [-0.2, 0) is 0 Å². The van der Waals surface area contributed by atoms with Crippen molar-refractivity contribution in [3.8, 4) is 5.75 Å². The van der Waals surface area contributed by atoms with Gasteiger partial charge in [-0.15, -0.1) is 0 Å². The molecule has 0 unspecified atom stereocenters. The molecule has 2 aromatic carbocycles. The van der Waals surface area contributed by atoms with Crippen molar-refractivity contribution in [2.24, 2.45) is 0 Å². The van der Waals surface area contributed by atoms with Crippen molar-refractivity contribution in [2.45, 2.75) is 0 Å². The Labute approximate surface area is 123 Å². The predicted octanol–water partition coefficient (Wildman–Crippen LogP) is 3.90. The van der Waals surface area contributed by atoms with Gasteiger partial charge in [0, 0.05) is 9.64 Å². The number of aromatic hydroxyl groups is 1. The zero-order valence-electron chi connectivity index (χ0n) is 9.15. The maximum absolute atomic E-state index is 12.0. The van der Waals surface area contributed by atoms with Crippen molar-refractivity contribution in [1.82, 2.24) is 0 Å². The van der Waals surface area contributed by atoms with Gasteiger partial charge in [0.2, 0.25) is 0 Å². The Morgan fingerprint density at radius 3 is 2.61 bits per heavy atom. The molecule has 3 nitrogen and oxygen atoms in total. The van der Waals surface area contributed by atoms with Crippen LogP contribution in [0, 0.1) is 3.57 Å². The highest BCUT2D eigenvalue weighted by atomic mass is 127. The number of phenolic OH excluding ortho intramolecular Hbond substituents is 1. The van der Waals surface area contributed by atoms with Crippen molar-refractivity contribution in [3.05, 3.63) is 56.6 Å². The van der Waals surface area contributed by atoms with Crippen molar-refractivity contribution in [3.63, 3.8) is 0 Å². The number of anilines is 1. The average Bonchev–Trinajstić information content (AvgIpc) is 2.33. The smallest absolute Gasteiger partial charge is 0.256 e. The number of nitrogens with one attached hydrogen (secondary N) is 1. The Bertz CT molecular complexity index is 601. The van der Waals surface area contributed by atoms with Crippen LogP contribution >= 0.6 is 34.2 Å². The summed E-state index contributed by atoms with van der Waals surface area (Å²) in [5.74, 6) is -0.167. The Morgan fingerprint density at radius 1 is 1.22 bits per heavy atom. The van der Waals surface area contributed by atoms with E-state index in [0.717, 1.165) is 3.57 Å². The Kier molecular flexibility index (Phi) is 4.08. The zero-order chi connectivity index (χ0) is 13.1. The molecular formula is C13H9ClINO2. The van der Waals surface area contributed by atoms with Crippen molar-refractivity contribution in [1.29, 1.82) is 0 Å². The van der Waals surface area contributed by atoms with Gasteiger partial charge in [-0.25, -0.2) is 0 Å². The lowest BCUT2D eigenvalue weighted by molar-refractivity contribution is 0.102. The fourth-order valence-electron chi connectivity index (χ4n) is 1.44. The lowest BCUT2D eigenvalue weighted by Crippen LogP contribution is -2.13. The number of hydrogen-bond donors (Lipinski definition) is 2. The molecule has 5 heteroatoms. The van der Waals surface area contributed by atoms with E-state index in [2.05, 4.69) is 27.9 Å². The molecule has 0 saturated carbocycles. The number of halogens is 2. The lowest BCUT2D eigenvalue weighted by atomic mass is 10.2. The summed E-state index contributed by atoms with van der Waals surface area (Å²) in [6.07, 6.45) is 0. The monoisotopic (exact) mass is 373 g/mol. The molecule has 0 atom stereocenters. The minimum atomic E-state index is -0.229. The first-order chi connectivity index (χ1) is 8.58. The second kappa shape index (κ2) is 5.58. The molecule has 0 aliphatic heterocycles. The Morgan fingerprint density at radius 2 is 1.94 bits per heavy atom. The minimum Gasteiger partial charge on any atom is -0.508 e. The van der Waals surface area contributed by atoms with Gasteiger partial charge < -0.3 is 10.4 Å². The summed E-state index contributed by atoms with van der Waals surface area (Å²) in [6.45, 7) is 0. The molecule has 0 radical (unpaired) electrons. The molecule has 1 amide bonds. The van der Waals surface area contributed by atoms with Gasteiger partial charge in [0.05, 0.1) is 16.3 Å². The number of amides is 1. The first kappa shape index (κ1) is 13.2. The molecule has 0 heterocycles. The summed E-state index contributed by atoms with van der Waals surface area (Å²) in [6, 6.07) is 11.7. The van der Waals surface area contributed by atoms with E-state index in [-0.39, 0.29) is 11.7 Å². The number of benzene rings is 2. The van der Waals surface area contributed by atoms with Crippen LogP contribution in [-0.4, -0.2) is 11.0 Å². The van der Waals surface area contributed by atoms with E-state index >= 15 is 0 Å². The number of carbonyl (C=O) groups excluding carboxylic acids is 1. The van der Waals surface area contributed by atoms with Gasteiger partial charge in [0.1, 0.15) is 5.75 Å². The van der Waals surface area contributed by atoms with Gasteiger partial charge in [0.25, 0.3) is 5.91 Å². The lowest BCUT2D eigenvalue weighted by Gasteiger charge is -2.08. The SMILES string of the molecule is O=C(Nc1ccc(O)cc1Cl)c1ccccc1I. The molecule has 0 aromatic heterocycles. The van der Waals surface area contributed by atoms with Crippen LogP contribution in [0.3, 0.4) is 0 Å². The predicted molar refractivity (Wildman–Crippen MR) is 80.2 cm³/mol. The van der Waals surface area contributed by atoms with Crippen LogP contribution < -0.4 is 5.32 Å². The topological polar surface area (TPSA) is 49.3 Å². The van der Waals surface area contributed by atoms with Crippen LogP contribution in [0.4, 0.5) is 5.69 Å². The van der Waals surface area contributed by atoms with Crippen molar-refractivity contribution < 1.29 is 9.90 Å². The number of carbonyl (C=O) groups is 1. The molecular weight excluding hydrogens is 365 g/mol. The summed E-state index contributed by atoms with van der Waals surface area (Å²) in [4.78, 5) is 12.0. The largest absolute Gasteiger partial charge is 0.508 e. The average molecular weight is 374 g/mol. The summed E-state index contributed by atoms with van der Waals surface area (Å²) in [7, 11) is 0. The molecule has 0 fully saturated rings. The number of phenols is 1. The van der Waals surface area contributed by atoms with Crippen molar-refractivity contribution >= 4 is 45.8 Å². The standard InChI is InChI=1S/C13H9ClINO2/c14-10-7-8(17)5-6-12(10)16-13(18)9-3-1-2-4-11(9)15/h1-7,17H,(H,16,18). The molecule has 0 bridgehead atoms. The first-order valence-corrected chi connectivity index (χ1v) is 6.58. The summed E-state index contributed by atoms with van der Waals surface area (Å²) in [5, 5.41) is 12.2. The highest BCUT2D eigenvalue weighted by Crippen LogP contribution is 2.26. The highest BCUT2D eigenvalue weighted by molar-refractivity contribution is 14.1. The molecule has 92 valence electrons. The third kappa shape index (κ3) is 2.94. The summed E-state index contributed by atoms with van der Waals surface area (Å²) in [5.41, 5.74) is 1.06. The number of hydrogen-bond acceptors (Lipinski definition) is 2. The van der Waals surface area contributed by atoms with E-state index in [0.29, 0.717) is 16.3 Å². The van der Waals surface area contributed by atoms with Gasteiger partial charge in [0.15, 0.2) is 0 Å². The third-order valence-electron chi connectivity index (χ3n) is 2.32. The van der Waals surface area contributed by atoms with Gasteiger partial charge >= 0.3 is 0 Å². The molecule has 18 heavy (non-hydrogen) atoms. The Balaban J connectivity index is 2.24. The fourth-order valence-corrected chi connectivity index (χ4v) is 2.29. The van der Waals surface area contributed by atoms with Gasteiger partial charge in [-0.2, -0.15) is 0 Å². The molecule has 0 aliphatic carbocycles. The van der Waals surface area contributed by atoms with E-state index in [1.54, 1.807) is 18.2 Å². The zero-order valence-corrected chi connectivity index (χ0v) is 12.1. The molecule has 0 spiro atoms. The van der Waals surface area contributed by atoms with E-state index < -0.39 is 0 Å². The summed E-state index contributed by atoms with van der Waals surface area (Å²) < 4.78 is 0.863. The number of rotatable bonds is 2. The molecule has 2 rings (SSSR count). The second-order valence-electron chi connectivity index (χ2n) is 3.60. The second-order valence-corrected chi connectivity index (χ2v) is 5.17. The van der Waals surface area contributed by atoms with E-state index in [1.165, 1.54) is 12.1 Å². The van der Waals surface area contributed by atoms with E-state index in [9.17, 15) is 9.90 Å². The third-order valence-corrected chi connectivity index (χ3v) is 3.57. The summed E-state index contributed by atoms with van der Waals surface area (Å²) >= 11 is 8.02. The van der Waals surface area contributed by atoms with E-state index in [4.69, 9.17) is 11.6 Å². The fraction of sp³-hybridized carbons (Fsp3) is 0. The van der Waals surface area contributed by atoms with Gasteiger partial charge in [-0.3, -0.25) is 4.79 Å². The maximum atomic E-state index is 12.0. The Hall–Kier alpha value is -1.27. The highest BCUT2D eigenvalue weighted by Gasteiger charge is 2.11. The normalized spacial score (nSPS) is 10.1. The first-order valence-electron chi connectivity index (χ1n) is 5.12. The quantitative estimate of drug-likeness (QED) is 0.619. The minimum absolute atomic E-state index is 0.0623. The van der Waals surface area contributed by atoms with E-state index in [1.807, 2.05) is 12.1 Å². The van der Waals surface area contributed by atoms with Gasteiger partial charge in [-0.1, -0.05) is 23.7 Å². The van der Waals surface area contributed by atoms with Crippen LogP contribution in [0.15, 0.2) is 42.5 Å². The molecule has 0 aliphatic rings. The van der Waals surface area contributed by atoms with Gasteiger partial charge in [-0.05, 0) is 46.9 Å². The molecule has 0 saturated heterocycles. The molecule has 2 N–H and O–H groups in total. The van der Waals surface area contributed by atoms with Crippen LogP contribution in [0.2, 0.25) is 5.02 Å². The van der Waals surface area contributed by atoms with Crippen LogP contribution in [0.25, 0.3) is 0 Å². The van der Waals surface area contributed by atoms with Crippen LogP contribution in [0.5, 0.6) is 5.75 Å². The van der Waals surface area contributed by atoms with Crippen molar-refractivity contribution in [2.75, 3.05) is 5.32 Å². The van der Waals surface area contributed by atoms with Crippen LogP contribution in [0.1, 0.15) is 10.4 Å². The maximum Gasteiger partial charge on any atom is 0.256 e.